The van der Waals surface area contributed by atoms with Gasteiger partial charge >= 0.3 is 0 Å². The van der Waals surface area contributed by atoms with Crippen molar-refractivity contribution in [3.63, 3.8) is 0 Å². The third-order valence-corrected chi connectivity index (χ3v) is 1.57. The van der Waals surface area contributed by atoms with Crippen LogP contribution in [0, 0.1) is 0 Å². The Bertz CT molecular complexity index is 322. The fourth-order valence-electron chi connectivity index (χ4n) is 1.09. The molecule has 0 amide bonds. The summed E-state index contributed by atoms with van der Waals surface area (Å²) >= 11 is 0. The molecule has 0 unspecified atom stereocenters. The van der Waals surface area contributed by atoms with E-state index in [9.17, 15) is 4.79 Å². The van der Waals surface area contributed by atoms with Gasteiger partial charge in [0.05, 0.1) is 0 Å². The first-order valence-corrected chi connectivity index (χ1v) is 3.05. The average molecular weight is 134 g/mol. The van der Waals surface area contributed by atoms with Gasteiger partial charge in [-0.25, -0.2) is 4.98 Å². The van der Waals surface area contributed by atoms with Crippen LogP contribution in [0.25, 0.3) is 5.57 Å². The van der Waals surface area contributed by atoms with Crippen molar-refractivity contribution < 1.29 is 4.79 Å². The largest absolute Gasteiger partial charge is 0.269 e. The second-order valence-corrected chi connectivity index (χ2v) is 2.29. The molecule has 3 heteroatoms. The van der Waals surface area contributed by atoms with E-state index in [1.54, 1.807) is 18.5 Å². The molecule has 2 rings (SSSR count). The molecule has 0 aromatic carbocycles. The predicted molar refractivity (Wildman–Crippen MR) is 36.5 cm³/mol. The lowest BCUT2D eigenvalue weighted by Gasteiger charge is -1.90. The highest BCUT2D eigenvalue weighted by Crippen LogP contribution is 2.17. The van der Waals surface area contributed by atoms with Gasteiger partial charge in [-0.2, -0.15) is 0 Å². The molecule has 0 bridgehead atoms. The molecule has 0 saturated heterocycles. The van der Waals surface area contributed by atoms with E-state index >= 15 is 0 Å². The smallest absolute Gasteiger partial charge is 0.256 e. The molecule has 0 saturated carbocycles. The summed E-state index contributed by atoms with van der Waals surface area (Å²) in [5.41, 5.74) is 0.940. The molecular formula is C7H6N2O. The molecule has 0 aliphatic carbocycles. The summed E-state index contributed by atoms with van der Waals surface area (Å²) in [6, 6.07) is 0. The van der Waals surface area contributed by atoms with Gasteiger partial charge < -0.3 is 0 Å². The molecule has 0 radical (unpaired) electrons. The topological polar surface area (TPSA) is 34.9 Å². The molecule has 0 atom stereocenters. The van der Waals surface area contributed by atoms with Gasteiger partial charge in [0.2, 0.25) is 0 Å². The summed E-state index contributed by atoms with van der Waals surface area (Å²) < 4.78 is 1.54. The van der Waals surface area contributed by atoms with E-state index in [1.807, 2.05) is 6.92 Å². The van der Waals surface area contributed by atoms with Crippen LogP contribution in [0.15, 0.2) is 18.5 Å². The zero-order chi connectivity index (χ0) is 7.14. The Morgan fingerprint density at radius 1 is 1.60 bits per heavy atom. The van der Waals surface area contributed by atoms with Gasteiger partial charge in [-0.05, 0) is 12.5 Å². The molecule has 1 aromatic rings. The molecule has 50 valence electrons. The minimum absolute atomic E-state index is 0.00463. The second-order valence-electron chi connectivity index (χ2n) is 2.29. The van der Waals surface area contributed by atoms with Crippen LogP contribution in [0.3, 0.4) is 0 Å². The van der Waals surface area contributed by atoms with Crippen molar-refractivity contribution in [1.82, 2.24) is 9.55 Å². The van der Waals surface area contributed by atoms with Crippen LogP contribution in [-0.4, -0.2) is 15.5 Å². The Labute approximate surface area is 58.0 Å². The molecule has 1 aromatic heterocycles. The van der Waals surface area contributed by atoms with Gasteiger partial charge in [0.15, 0.2) is 0 Å². The van der Waals surface area contributed by atoms with Crippen LogP contribution in [-0.2, 0) is 0 Å². The van der Waals surface area contributed by atoms with Crippen molar-refractivity contribution in [1.29, 1.82) is 0 Å². The van der Waals surface area contributed by atoms with Gasteiger partial charge in [0, 0.05) is 18.5 Å². The van der Waals surface area contributed by atoms with E-state index in [0.717, 1.165) is 11.4 Å². The molecular weight excluding hydrogens is 128 g/mol. The lowest BCUT2D eigenvalue weighted by atomic mass is 10.3. The number of hydrogen-bond donors (Lipinski definition) is 0. The maximum Gasteiger partial charge on any atom is 0.256 e. The highest BCUT2D eigenvalue weighted by molar-refractivity contribution is 6.01. The molecule has 3 nitrogen and oxygen atoms in total. The van der Waals surface area contributed by atoms with E-state index in [0.29, 0.717) is 0 Å². The summed E-state index contributed by atoms with van der Waals surface area (Å²) in [5, 5.41) is 0. The van der Waals surface area contributed by atoms with E-state index in [2.05, 4.69) is 4.98 Å². The highest BCUT2D eigenvalue weighted by atomic mass is 16.2. The standard InChI is InChI=1S/C7H6N2O/c1-5-4-6(10)9-3-2-8-7(5)9/h2-4H,1H3. The number of aromatic nitrogens is 2. The fourth-order valence-corrected chi connectivity index (χ4v) is 1.09. The Balaban J connectivity index is 2.72. The summed E-state index contributed by atoms with van der Waals surface area (Å²) in [6.45, 7) is 1.88. The first-order valence-electron chi connectivity index (χ1n) is 3.05. The Morgan fingerprint density at radius 3 is 3.10 bits per heavy atom. The van der Waals surface area contributed by atoms with Gasteiger partial charge in [0.25, 0.3) is 5.91 Å². The minimum atomic E-state index is 0.00463. The number of rotatable bonds is 0. The van der Waals surface area contributed by atoms with Gasteiger partial charge in [-0.15, -0.1) is 0 Å². The van der Waals surface area contributed by atoms with Crippen LogP contribution in [0.5, 0.6) is 0 Å². The van der Waals surface area contributed by atoms with Crippen molar-refractivity contribution >= 4 is 11.5 Å². The lowest BCUT2D eigenvalue weighted by molar-refractivity contribution is 0.0974. The Morgan fingerprint density at radius 2 is 2.40 bits per heavy atom. The average Bonchev–Trinajstić information content (AvgIpc) is 2.39. The minimum Gasteiger partial charge on any atom is -0.269 e. The van der Waals surface area contributed by atoms with Crippen LogP contribution in [0.4, 0.5) is 0 Å². The maximum absolute atomic E-state index is 11.0. The normalized spacial score (nSPS) is 15.3. The van der Waals surface area contributed by atoms with Crippen molar-refractivity contribution in [2.24, 2.45) is 0 Å². The van der Waals surface area contributed by atoms with Gasteiger partial charge in [-0.3, -0.25) is 9.36 Å². The van der Waals surface area contributed by atoms with Crippen LogP contribution >= 0.6 is 0 Å². The number of imidazole rings is 1. The maximum atomic E-state index is 11.0. The highest BCUT2D eigenvalue weighted by Gasteiger charge is 2.16. The third-order valence-electron chi connectivity index (χ3n) is 1.57. The number of nitrogens with zero attached hydrogens (tertiary/aromatic N) is 2. The van der Waals surface area contributed by atoms with Crippen LogP contribution in [0.1, 0.15) is 17.5 Å². The van der Waals surface area contributed by atoms with E-state index in [4.69, 9.17) is 0 Å². The van der Waals surface area contributed by atoms with E-state index < -0.39 is 0 Å². The van der Waals surface area contributed by atoms with Crippen molar-refractivity contribution in [3.8, 4) is 0 Å². The predicted octanol–water partition coefficient (Wildman–Crippen LogP) is 0.940. The lowest BCUT2D eigenvalue weighted by Crippen LogP contribution is -2.01. The zero-order valence-electron chi connectivity index (χ0n) is 5.53. The molecule has 0 N–H and O–H groups in total. The number of carbonyl (C=O) groups excluding carboxylic acids is 1. The molecule has 0 spiro atoms. The Kier molecular flexibility index (Phi) is 0.845. The van der Waals surface area contributed by atoms with Crippen LogP contribution < -0.4 is 0 Å². The molecule has 1 aliphatic heterocycles. The number of allylic oxidation sites excluding steroid dienone is 2. The first kappa shape index (κ1) is 5.41. The van der Waals surface area contributed by atoms with Crippen molar-refractivity contribution in [3.05, 3.63) is 24.3 Å². The third kappa shape index (κ3) is 0.492. The van der Waals surface area contributed by atoms with Gasteiger partial charge in [-0.1, -0.05) is 0 Å². The Hall–Kier alpha value is -1.38. The quantitative estimate of drug-likeness (QED) is 0.529. The number of carbonyl (C=O) groups is 1. The van der Waals surface area contributed by atoms with E-state index in [1.165, 1.54) is 4.57 Å². The van der Waals surface area contributed by atoms with Crippen molar-refractivity contribution in [2.75, 3.05) is 0 Å². The van der Waals surface area contributed by atoms with E-state index in [-0.39, 0.29) is 5.91 Å². The fraction of sp³-hybridized carbons (Fsp3) is 0.143. The second kappa shape index (κ2) is 1.56. The first-order chi connectivity index (χ1) is 4.79. The monoisotopic (exact) mass is 134 g/mol. The molecule has 0 fully saturated rings. The zero-order valence-corrected chi connectivity index (χ0v) is 5.53. The summed E-state index contributed by atoms with van der Waals surface area (Å²) in [6.07, 6.45) is 4.89. The summed E-state index contributed by atoms with van der Waals surface area (Å²) in [5.74, 6) is 0.773. The molecule has 2 heterocycles. The van der Waals surface area contributed by atoms with Crippen LogP contribution in [0.2, 0.25) is 0 Å². The summed E-state index contributed by atoms with van der Waals surface area (Å²) in [7, 11) is 0. The molecule has 10 heavy (non-hydrogen) atoms. The van der Waals surface area contributed by atoms with Crippen molar-refractivity contribution in [2.45, 2.75) is 6.92 Å². The molecule has 1 aliphatic rings. The van der Waals surface area contributed by atoms with Gasteiger partial charge in [0.1, 0.15) is 5.82 Å². The number of fused-ring (bicyclic) bond motifs is 1. The summed E-state index contributed by atoms with van der Waals surface area (Å²) in [4.78, 5) is 15.0. The SMILES string of the molecule is CC1=CC(=O)n2ccnc21. The number of hydrogen-bond acceptors (Lipinski definition) is 2.